The van der Waals surface area contributed by atoms with E-state index in [2.05, 4.69) is 29.2 Å². The van der Waals surface area contributed by atoms with Crippen LogP contribution in [0.1, 0.15) is 38.2 Å². The van der Waals surface area contributed by atoms with Crippen molar-refractivity contribution >= 4 is 11.5 Å². The molecule has 2 rings (SSSR count). The maximum atomic E-state index is 11.3. The fourth-order valence-electron chi connectivity index (χ4n) is 2.49. The highest BCUT2D eigenvalue weighted by Crippen LogP contribution is 2.26. The van der Waals surface area contributed by atoms with E-state index in [4.69, 9.17) is 0 Å². The number of ketones is 1. The molecule has 0 unspecified atom stereocenters. The van der Waals surface area contributed by atoms with E-state index in [0.717, 1.165) is 25.9 Å². The molecule has 0 bridgehead atoms. The number of carbonyl (C=O) groups is 1. The van der Waals surface area contributed by atoms with Crippen molar-refractivity contribution in [3.05, 3.63) is 29.8 Å². The predicted octanol–water partition coefficient (Wildman–Crippen LogP) is 3.20. The third-order valence-electron chi connectivity index (χ3n) is 3.48. The van der Waals surface area contributed by atoms with Crippen LogP contribution in [0.4, 0.5) is 5.69 Å². The second kappa shape index (κ2) is 5.85. The fraction of sp³-hybridized carbons (Fsp3) is 0.533. The number of carbonyl (C=O) groups excluding carboxylic acids is 1. The third-order valence-corrected chi connectivity index (χ3v) is 3.48. The average Bonchev–Trinajstić information content (AvgIpc) is 2.39. The van der Waals surface area contributed by atoms with E-state index >= 15 is 0 Å². The third kappa shape index (κ3) is 3.09. The molecule has 1 heterocycles. The Kier molecular flexibility index (Phi) is 4.18. The molecule has 1 aliphatic rings. The maximum Gasteiger partial charge on any atom is 0.132 e. The van der Waals surface area contributed by atoms with Gasteiger partial charge in [-0.1, -0.05) is 25.1 Å². The Bertz CT molecular complexity index is 386. The molecule has 0 aromatic heterocycles. The molecule has 0 fully saturated rings. The minimum Gasteiger partial charge on any atom is -0.371 e. The van der Waals surface area contributed by atoms with Crippen LogP contribution in [-0.4, -0.2) is 18.9 Å². The molecule has 1 aromatic carbocycles. The molecule has 0 N–H and O–H groups in total. The molecule has 0 atom stereocenters. The topological polar surface area (TPSA) is 20.3 Å². The SMILES string of the molecule is CCC(=O)CCCN1CCCc2ccccc21. The second-order valence-corrected chi connectivity index (χ2v) is 4.72. The molecular weight excluding hydrogens is 210 g/mol. The molecule has 0 saturated heterocycles. The highest BCUT2D eigenvalue weighted by atomic mass is 16.1. The quantitative estimate of drug-likeness (QED) is 0.775. The summed E-state index contributed by atoms with van der Waals surface area (Å²) < 4.78 is 0. The highest BCUT2D eigenvalue weighted by molar-refractivity contribution is 5.78. The molecule has 0 amide bonds. The van der Waals surface area contributed by atoms with Gasteiger partial charge in [-0.15, -0.1) is 0 Å². The zero-order valence-corrected chi connectivity index (χ0v) is 10.6. The number of rotatable bonds is 5. The summed E-state index contributed by atoms with van der Waals surface area (Å²) in [7, 11) is 0. The first-order valence-electron chi connectivity index (χ1n) is 6.66. The number of hydrogen-bond donors (Lipinski definition) is 0. The summed E-state index contributed by atoms with van der Waals surface area (Å²) in [6, 6.07) is 8.64. The number of Topliss-reactive ketones (excluding diaryl/α,β-unsaturated/α-hetero) is 1. The monoisotopic (exact) mass is 231 g/mol. The minimum atomic E-state index is 0.385. The molecule has 1 aromatic rings. The van der Waals surface area contributed by atoms with Crippen LogP contribution in [0.5, 0.6) is 0 Å². The van der Waals surface area contributed by atoms with E-state index in [1.54, 1.807) is 0 Å². The average molecular weight is 231 g/mol. The van der Waals surface area contributed by atoms with E-state index in [9.17, 15) is 4.79 Å². The van der Waals surface area contributed by atoms with Crippen molar-refractivity contribution in [1.29, 1.82) is 0 Å². The number of hydrogen-bond acceptors (Lipinski definition) is 2. The van der Waals surface area contributed by atoms with Gasteiger partial charge in [0.25, 0.3) is 0 Å². The van der Waals surface area contributed by atoms with Gasteiger partial charge in [-0.3, -0.25) is 4.79 Å². The first-order valence-corrected chi connectivity index (χ1v) is 6.66. The van der Waals surface area contributed by atoms with E-state index in [-0.39, 0.29) is 0 Å². The number of para-hydroxylation sites is 1. The Hall–Kier alpha value is -1.31. The lowest BCUT2D eigenvalue weighted by Crippen LogP contribution is -2.30. The lowest BCUT2D eigenvalue weighted by molar-refractivity contribution is -0.118. The van der Waals surface area contributed by atoms with Crippen molar-refractivity contribution in [1.82, 2.24) is 0 Å². The first kappa shape index (κ1) is 12.2. The van der Waals surface area contributed by atoms with E-state index in [1.165, 1.54) is 24.1 Å². The van der Waals surface area contributed by atoms with Gasteiger partial charge < -0.3 is 4.90 Å². The summed E-state index contributed by atoms with van der Waals surface area (Å²) in [6.45, 7) is 4.10. The van der Waals surface area contributed by atoms with Gasteiger partial charge >= 0.3 is 0 Å². The van der Waals surface area contributed by atoms with Gasteiger partial charge in [0.2, 0.25) is 0 Å². The smallest absolute Gasteiger partial charge is 0.132 e. The number of anilines is 1. The van der Waals surface area contributed by atoms with Crippen molar-refractivity contribution in [2.24, 2.45) is 0 Å². The largest absolute Gasteiger partial charge is 0.371 e. The summed E-state index contributed by atoms with van der Waals surface area (Å²) in [4.78, 5) is 13.7. The van der Waals surface area contributed by atoms with E-state index in [0.29, 0.717) is 12.2 Å². The molecule has 1 aliphatic heterocycles. The Morgan fingerprint density at radius 3 is 3.00 bits per heavy atom. The van der Waals surface area contributed by atoms with Gasteiger partial charge in [-0.25, -0.2) is 0 Å². The highest BCUT2D eigenvalue weighted by Gasteiger charge is 2.15. The molecule has 2 heteroatoms. The summed E-state index contributed by atoms with van der Waals surface area (Å²) in [5.74, 6) is 0.385. The number of nitrogens with zero attached hydrogens (tertiary/aromatic N) is 1. The van der Waals surface area contributed by atoms with E-state index in [1.807, 2.05) is 6.92 Å². The van der Waals surface area contributed by atoms with Crippen molar-refractivity contribution in [2.45, 2.75) is 39.0 Å². The van der Waals surface area contributed by atoms with Crippen molar-refractivity contribution in [3.8, 4) is 0 Å². The van der Waals surface area contributed by atoms with Crippen LogP contribution in [0.15, 0.2) is 24.3 Å². The summed E-state index contributed by atoms with van der Waals surface area (Å²) in [5, 5.41) is 0. The zero-order valence-electron chi connectivity index (χ0n) is 10.6. The number of fused-ring (bicyclic) bond motifs is 1. The van der Waals surface area contributed by atoms with Gasteiger partial charge in [0.05, 0.1) is 0 Å². The molecule has 0 saturated carbocycles. The molecule has 92 valence electrons. The van der Waals surface area contributed by atoms with Crippen LogP contribution in [0.2, 0.25) is 0 Å². The number of aryl methyl sites for hydroxylation is 1. The van der Waals surface area contributed by atoms with Crippen LogP contribution < -0.4 is 4.90 Å². The Balaban J connectivity index is 1.92. The summed E-state index contributed by atoms with van der Waals surface area (Å²) >= 11 is 0. The summed E-state index contributed by atoms with van der Waals surface area (Å²) in [6.07, 6.45) is 4.83. The van der Waals surface area contributed by atoms with Gasteiger partial charge in [-0.2, -0.15) is 0 Å². The molecular formula is C15H21NO. The molecule has 0 aliphatic carbocycles. The minimum absolute atomic E-state index is 0.385. The molecule has 17 heavy (non-hydrogen) atoms. The molecule has 2 nitrogen and oxygen atoms in total. The van der Waals surface area contributed by atoms with E-state index < -0.39 is 0 Å². The van der Waals surface area contributed by atoms with Gasteiger partial charge in [0, 0.05) is 31.6 Å². The van der Waals surface area contributed by atoms with Gasteiger partial charge in [0.1, 0.15) is 5.78 Å². The molecule has 0 radical (unpaired) electrons. The Morgan fingerprint density at radius 2 is 2.18 bits per heavy atom. The van der Waals surface area contributed by atoms with Gasteiger partial charge in [0.15, 0.2) is 0 Å². The van der Waals surface area contributed by atoms with Crippen LogP contribution >= 0.6 is 0 Å². The first-order chi connectivity index (χ1) is 8.31. The molecule has 0 spiro atoms. The number of benzene rings is 1. The second-order valence-electron chi connectivity index (χ2n) is 4.72. The lowest BCUT2D eigenvalue weighted by atomic mass is 10.0. The Morgan fingerprint density at radius 1 is 1.35 bits per heavy atom. The standard InChI is InChI=1S/C15H21NO/c1-2-14(17)9-6-12-16-11-5-8-13-7-3-4-10-15(13)16/h3-4,7,10H,2,5-6,8-9,11-12H2,1H3. The van der Waals surface area contributed by atoms with Crippen molar-refractivity contribution in [3.63, 3.8) is 0 Å². The van der Waals surface area contributed by atoms with Crippen molar-refractivity contribution in [2.75, 3.05) is 18.0 Å². The predicted molar refractivity (Wildman–Crippen MR) is 71.5 cm³/mol. The van der Waals surface area contributed by atoms with Crippen LogP contribution in [0.3, 0.4) is 0 Å². The van der Waals surface area contributed by atoms with Gasteiger partial charge in [-0.05, 0) is 30.9 Å². The fourth-order valence-corrected chi connectivity index (χ4v) is 2.49. The van der Waals surface area contributed by atoms with Crippen LogP contribution in [0, 0.1) is 0 Å². The normalized spacial score (nSPS) is 14.5. The van der Waals surface area contributed by atoms with Crippen molar-refractivity contribution < 1.29 is 4.79 Å². The Labute approximate surface area is 104 Å². The zero-order chi connectivity index (χ0) is 12.1. The summed E-state index contributed by atoms with van der Waals surface area (Å²) in [5.41, 5.74) is 2.84. The van der Waals surface area contributed by atoms with Crippen LogP contribution in [0.25, 0.3) is 0 Å². The van der Waals surface area contributed by atoms with Crippen LogP contribution in [-0.2, 0) is 11.2 Å². The maximum absolute atomic E-state index is 11.3. The lowest BCUT2D eigenvalue weighted by Gasteiger charge is -2.31.